The van der Waals surface area contributed by atoms with E-state index in [1.54, 1.807) is 0 Å². The third-order valence-corrected chi connectivity index (χ3v) is 3.19. The van der Waals surface area contributed by atoms with Gasteiger partial charge in [0.05, 0.1) is 21.9 Å². The number of likely N-dealkylation sites (N-methyl/N-ethyl adjacent to an activating group) is 1. The molecule has 0 saturated heterocycles. The van der Waals surface area contributed by atoms with Crippen molar-refractivity contribution in [3.63, 3.8) is 0 Å². The molecule has 1 unspecified atom stereocenters. The number of carbonyl (C=O) groups is 1. The molecule has 2 aromatic heterocycles. The molecule has 0 N–H and O–H groups in total. The first kappa shape index (κ1) is 6.11. The predicted octanol–water partition coefficient (Wildman–Crippen LogP) is 3.25. The minimum Gasteiger partial charge on any atom is -0.348 e. The standard InChI is InChI=1S/C19H21N3O/c1-13-5-8-15(9-6-13)19-16(11-18(23)21(3)4)22-12-14(2)7-10-17(22)20-19/h5-10,12H,11H2,1-4H3/i1D3,3D3,4D3,7D,10D,11D,12D. The van der Waals surface area contributed by atoms with Gasteiger partial charge in [0.2, 0.25) is 5.91 Å². The third-order valence-electron chi connectivity index (χ3n) is 3.19. The van der Waals surface area contributed by atoms with Gasteiger partial charge in [-0.05, 0) is 25.4 Å². The number of nitrogens with zero attached hydrogens (tertiary/aromatic N) is 3. The molecule has 4 nitrogen and oxygen atoms in total. The van der Waals surface area contributed by atoms with Gasteiger partial charge in [0.15, 0.2) is 0 Å². The summed E-state index contributed by atoms with van der Waals surface area (Å²) in [5.74, 6) is -1.62. The second-order valence-corrected chi connectivity index (χ2v) is 4.89. The Morgan fingerprint density at radius 1 is 1.30 bits per heavy atom. The zero-order chi connectivity index (χ0) is 27.5. The summed E-state index contributed by atoms with van der Waals surface area (Å²) in [7, 11) is 0. The SMILES string of the molecule is [2H]c1c(C)c([2H])n2c(C([2H])C(=O)N(C([2H])([2H])[2H])C([2H])([2H])[2H])c(-c3ccc(C([2H])([2H])[2H])cc3)nc2c1[2H]. The summed E-state index contributed by atoms with van der Waals surface area (Å²) in [6, 6.07) is 4.43. The number of aryl methyl sites for hydroxylation is 1. The lowest BCUT2D eigenvalue weighted by molar-refractivity contribution is -0.128. The Bertz CT molecular complexity index is 1310. The lowest BCUT2D eigenvalue weighted by Crippen LogP contribution is -2.24. The quantitative estimate of drug-likeness (QED) is 0.743. The van der Waals surface area contributed by atoms with Crippen LogP contribution >= 0.6 is 0 Å². The van der Waals surface area contributed by atoms with Gasteiger partial charge in [-0.2, -0.15) is 0 Å². The van der Waals surface area contributed by atoms with Crippen molar-refractivity contribution in [3.8, 4) is 11.3 Å². The van der Waals surface area contributed by atoms with Gasteiger partial charge in [0, 0.05) is 39.4 Å². The molecule has 0 fully saturated rings. The number of hydrogen-bond acceptors (Lipinski definition) is 2. The van der Waals surface area contributed by atoms with Gasteiger partial charge in [-0.15, -0.1) is 0 Å². The topological polar surface area (TPSA) is 37.6 Å². The lowest BCUT2D eigenvalue weighted by atomic mass is 10.1. The Kier molecular flexibility index (Phi) is 1.56. The second-order valence-electron chi connectivity index (χ2n) is 4.89. The third kappa shape index (κ3) is 2.97. The van der Waals surface area contributed by atoms with E-state index in [-0.39, 0.29) is 39.0 Å². The highest BCUT2D eigenvalue weighted by atomic mass is 16.2. The number of hydrogen-bond donors (Lipinski definition) is 0. The summed E-state index contributed by atoms with van der Waals surface area (Å²) in [4.78, 5) is 17.0. The first-order valence-corrected chi connectivity index (χ1v) is 6.64. The molecule has 0 bridgehead atoms. The Balaban J connectivity index is 2.36. The van der Waals surface area contributed by atoms with Crippen molar-refractivity contribution in [2.75, 3.05) is 14.0 Å². The van der Waals surface area contributed by atoms with Crippen molar-refractivity contribution < 1.29 is 22.6 Å². The van der Waals surface area contributed by atoms with Crippen LogP contribution in [0.3, 0.4) is 0 Å². The molecule has 0 spiro atoms. The molecular formula is C19H21N3O. The summed E-state index contributed by atoms with van der Waals surface area (Å²) in [5.41, 5.74) is -0.666. The monoisotopic (exact) mass is 320 g/mol. The Labute approximate surface area is 154 Å². The van der Waals surface area contributed by atoms with Crippen LogP contribution in [0.1, 0.15) is 34.6 Å². The van der Waals surface area contributed by atoms with E-state index in [4.69, 9.17) is 17.8 Å². The summed E-state index contributed by atoms with van der Waals surface area (Å²) >= 11 is 0. The smallest absolute Gasteiger partial charge is 0.228 e. The van der Waals surface area contributed by atoms with Crippen molar-refractivity contribution in [1.29, 1.82) is 0 Å². The summed E-state index contributed by atoms with van der Waals surface area (Å²) < 4.78 is 102. The van der Waals surface area contributed by atoms with E-state index in [2.05, 4.69) is 4.98 Å². The molecule has 3 aromatic rings. The highest BCUT2D eigenvalue weighted by Crippen LogP contribution is 2.26. The van der Waals surface area contributed by atoms with Gasteiger partial charge < -0.3 is 9.30 Å². The minimum absolute atomic E-state index is 0.0126. The number of benzene rings is 1. The number of pyridine rings is 1. The minimum atomic E-state index is -3.42. The maximum Gasteiger partial charge on any atom is 0.228 e. The van der Waals surface area contributed by atoms with Crippen LogP contribution in [0.4, 0.5) is 0 Å². The molecule has 0 radical (unpaired) electrons. The summed E-state index contributed by atoms with van der Waals surface area (Å²) in [6.45, 7) is -7.89. The zero-order valence-corrected chi connectivity index (χ0v) is 12.1. The molecule has 0 aliphatic heterocycles. The fourth-order valence-electron chi connectivity index (χ4n) is 2.13. The highest BCUT2D eigenvalue weighted by molar-refractivity contribution is 5.81. The van der Waals surface area contributed by atoms with Crippen LogP contribution in [0, 0.1) is 13.8 Å². The van der Waals surface area contributed by atoms with Crippen LogP contribution < -0.4 is 0 Å². The van der Waals surface area contributed by atoms with Crippen molar-refractivity contribution in [2.45, 2.75) is 20.2 Å². The van der Waals surface area contributed by atoms with Gasteiger partial charge in [-0.1, -0.05) is 35.9 Å². The van der Waals surface area contributed by atoms with Crippen molar-refractivity contribution in [1.82, 2.24) is 14.3 Å². The van der Waals surface area contributed by atoms with E-state index in [1.165, 1.54) is 31.2 Å². The Morgan fingerprint density at radius 3 is 2.78 bits per heavy atom. The Hall–Kier alpha value is -2.62. The predicted molar refractivity (Wildman–Crippen MR) is 92.5 cm³/mol. The summed E-state index contributed by atoms with van der Waals surface area (Å²) in [6.07, 6.45) is -2.61. The van der Waals surface area contributed by atoms with Gasteiger partial charge in [-0.3, -0.25) is 4.79 Å². The van der Waals surface area contributed by atoms with Crippen molar-refractivity contribution >= 4 is 11.6 Å². The first-order valence-electron chi connectivity index (χ1n) is 13.2. The van der Waals surface area contributed by atoms with Crippen LogP contribution in [-0.2, 0) is 11.2 Å². The molecule has 118 valence electrons. The number of imidazole rings is 1. The fraction of sp³-hybridized carbons (Fsp3) is 0.263. The molecule has 0 aliphatic rings. The molecule has 0 aliphatic carbocycles. The van der Waals surface area contributed by atoms with Crippen LogP contribution in [0.2, 0.25) is 0 Å². The Morgan fingerprint density at radius 2 is 2.09 bits per heavy atom. The van der Waals surface area contributed by atoms with E-state index in [0.29, 0.717) is 0 Å². The van der Waals surface area contributed by atoms with Gasteiger partial charge in [-0.25, -0.2) is 4.98 Å². The van der Waals surface area contributed by atoms with E-state index >= 15 is 0 Å². The van der Waals surface area contributed by atoms with Gasteiger partial charge in [0.25, 0.3) is 0 Å². The largest absolute Gasteiger partial charge is 0.348 e. The normalized spacial score (nSPS) is 22.2. The molecular weight excluding hydrogens is 286 g/mol. The van der Waals surface area contributed by atoms with E-state index < -0.39 is 51.0 Å². The van der Waals surface area contributed by atoms with Crippen LogP contribution in [0.5, 0.6) is 0 Å². The van der Waals surface area contributed by atoms with Crippen LogP contribution in [0.25, 0.3) is 16.9 Å². The number of rotatable bonds is 3. The highest BCUT2D eigenvalue weighted by Gasteiger charge is 2.18. The van der Waals surface area contributed by atoms with Crippen LogP contribution in [0.15, 0.2) is 42.5 Å². The maximum atomic E-state index is 13.2. The van der Waals surface area contributed by atoms with Gasteiger partial charge >= 0.3 is 0 Å². The summed E-state index contributed by atoms with van der Waals surface area (Å²) in [5, 5.41) is 0. The number of amides is 1. The first-order chi connectivity index (χ1) is 16.3. The van der Waals surface area contributed by atoms with Gasteiger partial charge in [0.1, 0.15) is 5.65 Å². The number of fused-ring (bicyclic) bond motifs is 1. The second kappa shape index (κ2) is 5.88. The molecule has 0 saturated carbocycles. The molecule has 23 heavy (non-hydrogen) atoms. The van der Waals surface area contributed by atoms with E-state index in [1.807, 2.05) is 0 Å². The van der Waals surface area contributed by atoms with Crippen molar-refractivity contribution in [2.24, 2.45) is 0 Å². The average Bonchev–Trinajstić information content (AvgIpc) is 3.13. The lowest BCUT2D eigenvalue weighted by Gasteiger charge is -2.11. The van der Waals surface area contributed by atoms with Crippen LogP contribution in [-0.4, -0.2) is 34.1 Å². The molecule has 1 atom stereocenters. The van der Waals surface area contributed by atoms with Crippen molar-refractivity contribution in [3.05, 3.63) is 59.3 Å². The average molecular weight is 320 g/mol. The van der Waals surface area contributed by atoms with E-state index in [9.17, 15) is 4.79 Å². The maximum absolute atomic E-state index is 13.2. The number of carbonyl (C=O) groups excluding carboxylic acids is 1. The number of aromatic nitrogens is 2. The molecule has 2 heterocycles. The molecule has 4 heteroatoms. The molecule has 3 rings (SSSR count). The fourth-order valence-corrected chi connectivity index (χ4v) is 2.13. The zero-order valence-electron chi connectivity index (χ0n) is 25.1. The van der Waals surface area contributed by atoms with E-state index in [0.717, 1.165) is 4.40 Å². The molecule has 1 amide bonds. The molecule has 1 aromatic carbocycles.